The van der Waals surface area contributed by atoms with Gasteiger partial charge in [0.05, 0.1) is 32.8 Å². The summed E-state index contributed by atoms with van der Waals surface area (Å²) in [6.45, 7) is 29.5. The first-order chi connectivity index (χ1) is 22.1. The predicted molar refractivity (Wildman–Crippen MR) is 188 cm³/mol. The molecule has 48 heavy (non-hydrogen) atoms. The molecule has 2 fully saturated rings. The van der Waals surface area contributed by atoms with Crippen molar-refractivity contribution >= 4 is 28.3 Å². The van der Waals surface area contributed by atoms with Gasteiger partial charge in [0.2, 0.25) is 5.91 Å². The number of carbonyl (C=O) groups is 2. The smallest absolute Gasteiger partial charge is 0.349 e. The van der Waals surface area contributed by atoms with Crippen LogP contribution in [0.25, 0.3) is 0 Å². The van der Waals surface area contributed by atoms with E-state index in [-0.39, 0.29) is 16.7 Å². The SMILES string of the molecule is CC(=O)N[C@H]1[C@@H](OP(=O)([O-])O)O[C@@H]2CO[Si](C(C)(C)C)(C(C)(C)C)O[C@H]2[C@@H]1OC(C)=O.CCCC[N+](CCCC)(CCCC)CCCC. The molecule has 2 heterocycles. The molecule has 0 aromatic rings. The maximum absolute atomic E-state index is 11.9. The Morgan fingerprint density at radius 2 is 1.33 bits per heavy atom. The number of unbranched alkanes of at least 4 members (excludes halogenated alkanes) is 4. The van der Waals surface area contributed by atoms with E-state index in [4.69, 9.17) is 18.3 Å². The summed E-state index contributed by atoms with van der Waals surface area (Å²) in [5.41, 5.74) is 0. The van der Waals surface area contributed by atoms with Gasteiger partial charge >= 0.3 is 14.5 Å². The fourth-order valence-corrected chi connectivity index (χ4v) is 12.5. The van der Waals surface area contributed by atoms with Gasteiger partial charge in [0, 0.05) is 23.9 Å². The Morgan fingerprint density at radius 3 is 1.67 bits per heavy atom. The monoisotopic (exact) mass is 724 g/mol. The lowest BCUT2D eigenvalue weighted by atomic mass is 9.96. The summed E-state index contributed by atoms with van der Waals surface area (Å²) < 4.78 is 41.6. The molecule has 0 radical (unpaired) electrons. The number of rotatable bonds is 16. The number of phosphoric ester groups is 1. The minimum atomic E-state index is -5.24. The Labute approximate surface area is 292 Å². The van der Waals surface area contributed by atoms with E-state index in [1.54, 1.807) is 0 Å². The zero-order valence-corrected chi connectivity index (χ0v) is 34.0. The third kappa shape index (κ3) is 13.3. The highest BCUT2D eigenvalue weighted by Gasteiger charge is 2.65. The Kier molecular flexibility index (Phi) is 18.5. The molecule has 2 rings (SSSR count). The van der Waals surface area contributed by atoms with Crippen LogP contribution in [-0.2, 0) is 37.0 Å². The van der Waals surface area contributed by atoms with Crippen molar-refractivity contribution in [1.29, 1.82) is 0 Å². The van der Waals surface area contributed by atoms with Crippen LogP contribution < -0.4 is 10.2 Å². The highest BCUT2D eigenvalue weighted by atomic mass is 31.2. The Hall–Kier alpha value is -0.893. The molecule has 2 aliphatic rings. The van der Waals surface area contributed by atoms with Crippen molar-refractivity contribution in [2.24, 2.45) is 0 Å². The van der Waals surface area contributed by atoms with Crippen molar-refractivity contribution in [1.82, 2.24) is 5.32 Å². The first-order valence-corrected chi connectivity index (χ1v) is 21.4. The number of esters is 1. The number of hydrogen-bond donors (Lipinski definition) is 2. The summed E-state index contributed by atoms with van der Waals surface area (Å²) >= 11 is 0. The summed E-state index contributed by atoms with van der Waals surface area (Å²) in [6, 6.07) is -1.25. The van der Waals surface area contributed by atoms with Crippen molar-refractivity contribution in [2.75, 3.05) is 32.8 Å². The summed E-state index contributed by atoms with van der Waals surface area (Å²) in [7, 11) is -8.26. The van der Waals surface area contributed by atoms with Gasteiger partial charge in [-0.15, -0.1) is 0 Å². The van der Waals surface area contributed by atoms with Gasteiger partial charge in [0.1, 0.15) is 18.2 Å². The first-order valence-electron chi connectivity index (χ1n) is 18.1. The molecule has 284 valence electrons. The molecule has 2 saturated heterocycles. The lowest BCUT2D eigenvalue weighted by Gasteiger charge is -2.58. The van der Waals surface area contributed by atoms with E-state index in [1.165, 1.54) is 95.9 Å². The predicted octanol–water partition coefficient (Wildman–Crippen LogP) is 6.09. The van der Waals surface area contributed by atoms with E-state index in [0.717, 1.165) is 0 Å². The summed E-state index contributed by atoms with van der Waals surface area (Å²) in [4.78, 5) is 44.3. The highest BCUT2D eigenvalue weighted by molar-refractivity contribution is 7.44. The topological polar surface area (TPSA) is 153 Å². The molecule has 6 atom stereocenters. The zero-order chi connectivity index (χ0) is 37.0. The van der Waals surface area contributed by atoms with E-state index >= 15 is 0 Å². The van der Waals surface area contributed by atoms with E-state index in [1.807, 2.05) is 41.5 Å². The van der Waals surface area contributed by atoms with Gasteiger partial charge in [-0.2, -0.15) is 0 Å². The van der Waals surface area contributed by atoms with Crippen molar-refractivity contribution < 1.29 is 51.3 Å². The lowest BCUT2D eigenvalue weighted by Crippen LogP contribution is -2.73. The third-order valence-electron chi connectivity index (χ3n) is 9.23. The molecule has 0 aliphatic carbocycles. The van der Waals surface area contributed by atoms with Gasteiger partial charge in [-0.05, 0) is 25.7 Å². The number of hydrogen-bond acceptors (Lipinski definition) is 9. The highest BCUT2D eigenvalue weighted by Crippen LogP contribution is 2.55. The number of carbonyl (C=O) groups excluding carboxylic acids is 2. The van der Waals surface area contributed by atoms with Crippen LogP contribution in [0.1, 0.15) is 134 Å². The molecule has 2 aliphatic heterocycles. The molecular weight excluding hydrogens is 655 g/mol. The van der Waals surface area contributed by atoms with Crippen LogP contribution in [0.3, 0.4) is 0 Å². The van der Waals surface area contributed by atoms with E-state index in [9.17, 15) is 23.9 Å². The third-order valence-corrected chi connectivity index (χ3v) is 14.8. The second kappa shape index (κ2) is 19.6. The molecule has 14 heteroatoms. The van der Waals surface area contributed by atoms with Crippen molar-refractivity contribution in [3.63, 3.8) is 0 Å². The van der Waals surface area contributed by atoms with Crippen LogP contribution in [0.2, 0.25) is 10.1 Å². The maximum Gasteiger partial charge on any atom is 0.349 e. The van der Waals surface area contributed by atoms with Gasteiger partial charge in [0.15, 0.2) is 12.4 Å². The molecule has 0 saturated carbocycles. The zero-order valence-electron chi connectivity index (χ0n) is 32.1. The molecule has 0 spiro atoms. The van der Waals surface area contributed by atoms with Gasteiger partial charge in [0.25, 0.3) is 7.82 Å². The summed E-state index contributed by atoms with van der Waals surface area (Å²) in [5.74, 6) is -1.21. The maximum atomic E-state index is 11.9. The first kappa shape index (κ1) is 45.1. The average molecular weight is 725 g/mol. The van der Waals surface area contributed by atoms with E-state index in [0.29, 0.717) is 0 Å². The molecule has 0 aromatic heterocycles. The minimum absolute atomic E-state index is 0.0322. The fourth-order valence-electron chi connectivity index (χ4n) is 7.10. The Morgan fingerprint density at radius 1 is 0.896 bits per heavy atom. The molecular formula is C34H69N2O10PSi. The van der Waals surface area contributed by atoms with E-state index in [2.05, 4.69) is 37.5 Å². The van der Waals surface area contributed by atoms with Gasteiger partial charge in [-0.1, -0.05) is 94.9 Å². The average Bonchev–Trinajstić information content (AvgIpc) is 2.96. The number of ether oxygens (including phenoxy) is 2. The van der Waals surface area contributed by atoms with Gasteiger partial charge in [-0.3, -0.25) is 18.7 Å². The normalized spacial score (nSPS) is 25.6. The Balaban J connectivity index is 0.000000576. The number of nitrogens with one attached hydrogen (secondary N) is 1. The second-order valence-electron chi connectivity index (χ2n) is 15.6. The van der Waals surface area contributed by atoms with Crippen molar-refractivity contribution in [3.05, 3.63) is 0 Å². The van der Waals surface area contributed by atoms with Crippen LogP contribution >= 0.6 is 7.82 Å². The number of quaternary nitrogens is 1. The second-order valence-corrected chi connectivity index (χ2v) is 21.5. The number of amides is 1. The molecule has 2 N–H and O–H groups in total. The van der Waals surface area contributed by atoms with Gasteiger partial charge in [-0.25, -0.2) is 0 Å². The summed E-state index contributed by atoms with van der Waals surface area (Å²) in [6.07, 6.45) is 6.55. The van der Waals surface area contributed by atoms with Crippen LogP contribution in [-0.4, -0.2) is 93.2 Å². The Bertz CT molecular complexity index is 977. The fraction of sp³-hybridized carbons (Fsp3) is 0.941. The standard InChI is InChI=1S/C18H34NO10PSi.C16H36N/c1-10(20)19-13-15(26-11(2)21)14-12(27-16(13)28-30(22,23)24)9-25-31(29-14,17(3,4)5)18(6,7)8;1-5-9-13-17(14-10-6-2,15-11-7-3)16-12-8-4/h12-16H,9H2,1-8H3,(H,19,20)(H2,22,23,24);5-16H2,1-4H3/q;+1/p-1/t12-,13-,14-,15-,16-;/m1./s1. The van der Waals surface area contributed by atoms with Gasteiger partial charge < -0.3 is 37.9 Å². The number of phosphoric acid groups is 1. The van der Waals surface area contributed by atoms with Crippen molar-refractivity contribution in [3.8, 4) is 0 Å². The lowest BCUT2D eigenvalue weighted by molar-refractivity contribution is -0.929. The van der Waals surface area contributed by atoms with Crippen LogP contribution in [0.15, 0.2) is 0 Å². The molecule has 0 bridgehead atoms. The van der Waals surface area contributed by atoms with Crippen LogP contribution in [0.5, 0.6) is 0 Å². The minimum Gasteiger partial charge on any atom is -0.756 e. The molecule has 1 amide bonds. The van der Waals surface area contributed by atoms with E-state index < -0.39 is 58.9 Å². The summed E-state index contributed by atoms with van der Waals surface area (Å²) in [5, 5.41) is 1.73. The molecule has 1 unspecified atom stereocenters. The number of nitrogens with zero attached hydrogens (tertiary/aromatic N) is 1. The van der Waals surface area contributed by atoms with Crippen LogP contribution in [0.4, 0.5) is 0 Å². The van der Waals surface area contributed by atoms with Crippen molar-refractivity contribution in [2.45, 2.75) is 175 Å². The number of fused-ring (bicyclic) bond motifs is 1. The van der Waals surface area contributed by atoms with Crippen LogP contribution in [0, 0.1) is 0 Å². The quantitative estimate of drug-likeness (QED) is 0.0829. The molecule has 12 nitrogen and oxygen atoms in total. The largest absolute Gasteiger partial charge is 0.756 e. The molecule has 0 aromatic carbocycles.